The highest BCUT2D eigenvalue weighted by Gasteiger charge is 2.19. The van der Waals surface area contributed by atoms with Crippen LogP contribution < -0.4 is 0 Å². The summed E-state index contributed by atoms with van der Waals surface area (Å²) in [5, 5.41) is 8.19. The molecule has 0 radical (unpaired) electrons. The molecular formula is C5H8ClFN2. The normalized spacial score (nSPS) is 24.9. The summed E-state index contributed by atoms with van der Waals surface area (Å²) in [7, 11) is 0. The van der Waals surface area contributed by atoms with E-state index in [0.29, 0.717) is 19.5 Å². The Morgan fingerprint density at radius 1 is 1.67 bits per heavy atom. The van der Waals surface area contributed by atoms with E-state index in [9.17, 15) is 4.39 Å². The van der Waals surface area contributed by atoms with Gasteiger partial charge in [0.2, 0.25) is 0 Å². The molecular weight excluding hydrogens is 143 g/mol. The molecule has 0 N–H and O–H groups in total. The Hall–Kier alpha value is -0.490. The molecule has 1 unspecified atom stereocenters. The third-order valence-electron chi connectivity index (χ3n) is 1.27. The number of halogens is 2. The smallest absolute Gasteiger partial charge is 0.179 e. The predicted octanol–water partition coefficient (Wildman–Crippen LogP) is 0.933. The molecule has 2 nitrogen and oxygen atoms in total. The lowest BCUT2D eigenvalue weighted by Gasteiger charge is -2.00. The van der Waals surface area contributed by atoms with Crippen LogP contribution in [-0.2, 0) is 0 Å². The zero-order chi connectivity index (χ0) is 5.98. The molecule has 1 heterocycles. The Bertz CT molecular complexity index is 123. The van der Waals surface area contributed by atoms with Crippen molar-refractivity contribution in [3.8, 4) is 6.19 Å². The SMILES string of the molecule is Cl.N#CN1CCC(F)C1. The van der Waals surface area contributed by atoms with E-state index in [1.165, 1.54) is 4.90 Å². The van der Waals surface area contributed by atoms with Crippen molar-refractivity contribution in [3.05, 3.63) is 0 Å². The summed E-state index contributed by atoms with van der Waals surface area (Å²) >= 11 is 0. The second-order valence-corrected chi connectivity index (χ2v) is 1.93. The molecule has 52 valence electrons. The lowest BCUT2D eigenvalue weighted by atomic mass is 10.4. The first kappa shape index (κ1) is 8.51. The lowest BCUT2D eigenvalue weighted by molar-refractivity contribution is 0.337. The van der Waals surface area contributed by atoms with E-state index < -0.39 is 6.17 Å². The molecule has 0 bridgehead atoms. The van der Waals surface area contributed by atoms with Gasteiger partial charge in [0.05, 0.1) is 6.54 Å². The molecule has 1 rings (SSSR count). The minimum Gasteiger partial charge on any atom is -0.308 e. The molecule has 0 aromatic rings. The van der Waals surface area contributed by atoms with Gasteiger partial charge in [-0.25, -0.2) is 4.39 Å². The molecule has 1 aliphatic rings. The van der Waals surface area contributed by atoms with Gasteiger partial charge >= 0.3 is 0 Å². The van der Waals surface area contributed by atoms with Crippen LogP contribution in [0, 0.1) is 11.5 Å². The first-order valence-electron chi connectivity index (χ1n) is 2.61. The number of nitrogens with zero attached hydrogens (tertiary/aromatic N) is 2. The Kier molecular flexibility index (Phi) is 3.33. The quantitative estimate of drug-likeness (QED) is 0.481. The molecule has 1 aliphatic heterocycles. The summed E-state index contributed by atoms with van der Waals surface area (Å²) < 4.78 is 12.2. The van der Waals surface area contributed by atoms with Crippen molar-refractivity contribution in [2.75, 3.05) is 13.1 Å². The molecule has 1 saturated heterocycles. The largest absolute Gasteiger partial charge is 0.308 e. The van der Waals surface area contributed by atoms with Crippen molar-refractivity contribution in [2.24, 2.45) is 0 Å². The Morgan fingerprint density at radius 3 is 2.56 bits per heavy atom. The van der Waals surface area contributed by atoms with Gasteiger partial charge in [0.15, 0.2) is 6.19 Å². The van der Waals surface area contributed by atoms with Crippen molar-refractivity contribution in [1.29, 1.82) is 5.26 Å². The third kappa shape index (κ3) is 2.06. The Labute approximate surface area is 59.7 Å². The average molecular weight is 151 g/mol. The van der Waals surface area contributed by atoms with Crippen LogP contribution in [-0.4, -0.2) is 24.2 Å². The minimum atomic E-state index is -0.769. The highest BCUT2D eigenvalue weighted by molar-refractivity contribution is 5.85. The molecule has 0 aliphatic carbocycles. The third-order valence-corrected chi connectivity index (χ3v) is 1.27. The Balaban J connectivity index is 0.000000640. The van der Waals surface area contributed by atoms with Crippen molar-refractivity contribution in [1.82, 2.24) is 4.90 Å². The number of nitriles is 1. The highest BCUT2D eigenvalue weighted by atomic mass is 35.5. The first-order valence-corrected chi connectivity index (χ1v) is 2.61. The van der Waals surface area contributed by atoms with Crippen LogP contribution in [0.4, 0.5) is 4.39 Å². The second-order valence-electron chi connectivity index (χ2n) is 1.93. The monoisotopic (exact) mass is 150 g/mol. The van der Waals surface area contributed by atoms with Gasteiger partial charge in [0, 0.05) is 6.54 Å². The van der Waals surface area contributed by atoms with E-state index in [1.807, 2.05) is 6.19 Å². The van der Waals surface area contributed by atoms with Crippen molar-refractivity contribution in [3.63, 3.8) is 0 Å². The van der Waals surface area contributed by atoms with Gasteiger partial charge in [0.25, 0.3) is 0 Å². The van der Waals surface area contributed by atoms with Crippen LogP contribution in [0.3, 0.4) is 0 Å². The summed E-state index contributed by atoms with van der Waals surface area (Å²) in [6, 6.07) is 0. The molecule has 4 heteroatoms. The van der Waals surface area contributed by atoms with Gasteiger partial charge < -0.3 is 4.90 Å². The minimum absolute atomic E-state index is 0. The zero-order valence-electron chi connectivity index (χ0n) is 4.88. The summed E-state index contributed by atoms with van der Waals surface area (Å²) in [6.45, 7) is 0.897. The van der Waals surface area contributed by atoms with E-state index in [2.05, 4.69) is 0 Å². The fourth-order valence-electron chi connectivity index (χ4n) is 0.808. The molecule has 0 aromatic heterocycles. The van der Waals surface area contributed by atoms with Crippen LogP contribution in [0.2, 0.25) is 0 Å². The van der Waals surface area contributed by atoms with Crippen LogP contribution >= 0.6 is 12.4 Å². The van der Waals surface area contributed by atoms with E-state index in [0.717, 1.165) is 0 Å². The molecule has 0 spiro atoms. The predicted molar refractivity (Wildman–Crippen MR) is 33.9 cm³/mol. The van der Waals surface area contributed by atoms with Gasteiger partial charge in [-0.1, -0.05) is 0 Å². The van der Waals surface area contributed by atoms with Crippen molar-refractivity contribution in [2.45, 2.75) is 12.6 Å². The maximum Gasteiger partial charge on any atom is 0.179 e. The lowest BCUT2D eigenvalue weighted by Crippen LogP contribution is -2.13. The van der Waals surface area contributed by atoms with Gasteiger partial charge in [-0.3, -0.25) is 0 Å². The first-order chi connectivity index (χ1) is 3.83. The maximum atomic E-state index is 12.2. The van der Waals surface area contributed by atoms with Gasteiger partial charge in [0.1, 0.15) is 6.17 Å². The molecule has 1 fully saturated rings. The summed E-state index contributed by atoms with van der Waals surface area (Å²) in [6.07, 6.45) is 1.64. The number of likely N-dealkylation sites (tertiary alicyclic amines) is 1. The second kappa shape index (κ2) is 3.52. The van der Waals surface area contributed by atoms with E-state index in [4.69, 9.17) is 5.26 Å². The fourth-order valence-corrected chi connectivity index (χ4v) is 0.808. The Morgan fingerprint density at radius 2 is 2.33 bits per heavy atom. The van der Waals surface area contributed by atoms with Crippen molar-refractivity contribution >= 4 is 12.4 Å². The van der Waals surface area contributed by atoms with Crippen LogP contribution in [0.5, 0.6) is 0 Å². The molecule has 0 saturated carbocycles. The fraction of sp³-hybridized carbons (Fsp3) is 0.800. The van der Waals surface area contributed by atoms with Crippen LogP contribution in [0.15, 0.2) is 0 Å². The standard InChI is InChI=1S/C5H7FN2.ClH/c6-5-1-2-8(3-5)4-7;/h5H,1-3H2;1H. The number of rotatable bonds is 0. The number of hydrogen-bond donors (Lipinski definition) is 0. The molecule has 1 atom stereocenters. The van der Waals surface area contributed by atoms with Crippen molar-refractivity contribution < 1.29 is 4.39 Å². The van der Waals surface area contributed by atoms with Gasteiger partial charge in [-0.05, 0) is 6.42 Å². The molecule has 0 amide bonds. The summed E-state index contributed by atoms with van der Waals surface area (Å²) in [5.74, 6) is 0. The van der Waals surface area contributed by atoms with Gasteiger partial charge in [-0.2, -0.15) is 5.26 Å². The zero-order valence-corrected chi connectivity index (χ0v) is 5.70. The van der Waals surface area contributed by atoms with E-state index in [-0.39, 0.29) is 12.4 Å². The molecule has 9 heavy (non-hydrogen) atoms. The maximum absolute atomic E-state index is 12.2. The van der Waals surface area contributed by atoms with Gasteiger partial charge in [-0.15, -0.1) is 12.4 Å². The van der Waals surface area contributed by atoms with E-state index in [1.54, 1.807) is 0 Å². The van der Waals surface area contributed by atoms with Crippen LogP contribution in [0.25, 0.3) is 0 Å². The number of hydrogen-bond acceptors (Lipinski definition) is 2. The van der Waals surface area contributed by atoms with E-state index >= 15 is 0 Å². The summed E-state index contributed by atoms with van der Waals surface area (Å²) in [4.78, 5) is 1.44. The topological polar surface area (TPSA) is 27.0 Å². The van der Waals surface area contributed by atoms with Crippen LogP contribution in [0.1, 0.15) is 6.42 Å². The molecule has 0 aromatic carbocycles. The number of alkyl halides is 1. The summed E-state index contributed by atoms with van der Waals surface area (Å²) in [5.41, 5.74) is 0. The highest BCUT2D eigenvalue weighted by Crippen LogP contribution is 2.09. The average Bonchev–Trinajstić information content (AvgIpc) is 2.14.